The lowest BCUT2D eigenvalue weighted by molar-refractivity contribution is -0.148. The van der Waals surface area contributed by atoms with Gasteiger partial charge in [0.15, 0.2) is 0 Å². The van der Waals surface area contributed by atoms with Gasteiger partial charge in [-0.1, -0.05) is 54.5 Å². The Morgan fingerprint density at radius 3 is 2.06 bits per heavy atom. The van der Waals surface area contributed by atoms with Crippen LogP contribution < -0.4 is 0 Å². The summed E-state index contributed by atoms with van der Waals surface area (Å²) in [6.45, 7) is 3.00. The fraction of sp³-hybridized carbons (Fsp3) is 0.929. The second kappa shape index (κ2) is 15.0. The Kier molecular flexibility index (Phi) is 14.9. The fourth-order valence-electron chi connectivity index (χ4n) is 1.72. The van der Waals surface area contributed by atoms with Gasteiger partial charge < -0.3 is 9.47 Å². The van der Waals surface area contributed by atoms with E-state index in [1.807, 2.05) is 0 Å². The van der Waals surface area contributed by atoms with Gasteiger partial charge in [-0.15, -0.1) is 0 Å². The first-order valence-electron chi connectivity index (χ1n) is 7.10. The van der Waals surface area contributed by atoms with E-state index in [4.69, 9.17) is 9.47 Å². The number of hydrogen-bond donors (Lipinski definition) is 0. The molecule has 0 spiro atoms. The van der Waals surface area contributed by atoms with Crippen LogP contribution in [-0.2, 0) is 14.3 Å². The molecule has 0 heterocycles. The van der Waals surface area contributed by atoms with Gasteiger partial charge in [-0.2, -0.15) is 0 Å². The van der Waals surface area contributed by atoms with Crippen molar-refractivity contribution in [2.75, 3.05) is 25.2 Å². The number of hydrogen-bond acceptors (Lipinski definition) is 3. The number of halogens is 1. The molecule has 18 heavy (non-hydrogen) atoms. The van der Waals surface area contributed by atoms with Crippen molar-refractivity contribution in [3.8, 4) is 0 Å². The third-order valence-corrected chi connectivity index (χ3v) is 3.26. The summed E-state index contributed by atoms with van der Waals surface area (Å²) in [5, 5.41) is 1.13. The summed E-state index contributed by atoms with van der Waals surface area (Å²) < 4.78 is 9.99. The number of ether oxygens (including phenoxy) is 2. The van der Waals surface area contributed by atoms with Gasteiger partial charge in [0.25, 0.3) is 0 Å². The van der Waals surface area contributed by atoms with Crippen molar-refractivity contribution in [3.63, 3.8) is 0 Å². The molecular weight excluding hydrogens is 296 g/mol. The molecule has 4 heteroatoms. The highest BCUT2D eigenvalue weighted by Gasteiger charge is 2.00. The van der Waals surface area contributed by atoms with Crippen LogP contribution in [0.5, 0.6) is 0 Å². The Morgan fingerprint density at radius 2 is 1.50 bits per heavy atom. The SMILES string of the molecule is CCOC(=O)COCCCCCCCCCCBr. The molecule has 0 aliphatic heterocycles. The lowest BCUT2D eigenvalue weighted by Crippen LogP contribution is -2.12. The largest absolute Gasteiger partial charge is 0.464 e. The van der Waals surface area contributed by atoms with Crippen molar-refractivity contribution in [2.24, 2.45) is 0 Å². The van der Waals surface area contributed by atoms with Crippen LogP contribution in [0.25, 0.3) is 0 Å². The van der Waals surface area contributed by atoms with Crippen LogP contribution in [-0.4, -0.2) is 31.1 Å². The second-order valence-corrected chi connectivity index (χ2v) is 5.17. The summed E-state index contributed by atoms with van der Waals surface area (Å²) in [6, 6.07) is 0. The third kappa shape index (κ3) is 14.0. The molecular formula is C14H27BrO3. The van der Waals surface area contributed by atoms with Crippen molar-refractivity contribution in [3.05, 3.63) is 0 Å². The van der Waals surface area contributed by atoms with E-state index in [1.54, 1.807) is 6.92 Å². The van der Waals surface area contributed by atoms with Crippen LogP contribution in [0.3, 0.4) is 0 Å². The molecule has 108 valence electrons. The van der Waals surface area contributed by atoms with Crippen molar-refractivity contribution in [2.45, 2.75) is 58.3 Å². The van der Waals surface area contributed by atoms with Gasteiger partial charge in [0.05, 0.1) is 6.61 Å². The van der Waals surface area contributed by atoms with E-state index >= 15 is 0 Å². The summed E-state index contributed by atoms with van der Waals surface area (Å²) in [6.07, 6.45) is 10.2. The topological polar surface area (TPSA) is 35.5 Å². The number of esters is 1. The van der Waals surface area contributed by atoms with E-state index < -0.39 is 0 Å². The Hall–Kier alpha value is -0.0900. The molecule has 3 nitrogen and oxygen atoms in total. The highest BCUT2D eigenvalue weighted by atomic mass is 79.9. The third-order valence-electron chi connectivity index (χ3n) is 2.70. The molecule has 0 aromatic rings. The Morgan fingerprint density at radius 1 is 0.944 bits per heavy atom. The molecule has 0 fully saturated rings. The van der Waals surface area contributed by atoms with E-state index in [1.165, 1.54) is 44.9 Å². The van der Waals surface area contributed by atoms with E-state index in [0.717, 1.165) is 11.8 Å². The molecule has 0 aromatic heterocycles. The first kappa shape index (κ1) is 17.9. The highest BCUT2D eigenvalue weighted by Crippen LogP contribution is 2.09. The van der Waals surface area contributed by atoms with Crippen LogP contribution in [0.4, 0.5) is 0 Å². The van der Waals surface area contributed by atoms with Gasteiger partial charge in [-0.25, -0.2) is 4.79 Å². The zero-order valence-electron chi connectivity index (χ0n) is 11.6. The van der Waals surface area contributed by atoms with Crippen LogP contribution >= 0.6 is 15.9 Å². The minimum Gasteiger partial charge on any atom is -0.464 e. The standard InChI is InChI=1S/C14H27BrO3/c1-2-18-14(16)13-17-12-10-8-6-4-3-5-7-9-11-15/h2-13H2,1H3. The van der Waals surface area contributed by atoms with Crippen LogP contribution in [0.1, 0.15) is 58.3 Å². The normalized spacial score (nSPS) is 10.6. The quantitative estimate of drug-likeness (QED) is 0.291. The lowest BCUT2D eigenvalue weighted by Gasteiger charge is -2.04. The molecule has 0 bridgehead atoms. The van der Waals surface area contributed by atoms with Crippen molar-refractivity contribution in [1.29, 1.82) is 0 Å². The summed E-state index contributed by atoms with van der Waals surface area (Å²) in [7, 11) is 0. The summed E-state index contributed by atoms with van der Waals surface area (Å²) >= 11 is 3.44. The monoisotopic (exact) mass is 322 g/mol. The molecule has 0 aromatic carbocycles. The number of rotatable bonds is 13. The average molecular weight is 323 g/mol. The molecule has 0 aliphatic carbocycles. The zero-order valence-corrected chi connectivity index (χ0v) is 13.2. The van der Waals surface area contributed by atoms with Gasteiger partial charge in [-0.3, -0.25) is 0 Å². The fourth-order valence-corrected chi connectivity index (χ4v) is 2.11. The molecule has 0 atom stereocenters. The number of unbranched alkanes of at least 4 members (excludes halogenated alkanes) is 7. The highest BCUT2D eigenvalue weighted by molar-refractivity contribution is 9.09. The maximum Gasteiger partial charge on any atom is 0.332 e. The number of carbonyl (C=O) groups excluding carboxylic acids is 1. The number of carbonyl (C=O) groups is 1. The predicted molar refractivity (Wildman–Crippen MR) is 78.2 cm³/mol. The first-order chi connectivity index (χ1) is 8.81. The van der Waals surface area contributed by atoms with E-state index in [2.05, 4.69) is 15.9 Å². The van der Waals surface area contributed by atoms with Crippen LogP contribution in [0, 0.1) is 0 Å². The molecule has 0 amide bonds. The smallest absolute Gasteiger partial charge is 0.332 e. The summed E-state index contributed by atoms with van der Waals surface area (Å²) in [5.74, 6) is -0.260. The second-order valence-electron chi connectivity index (χ2n) is 4.38. The van der Waals surface area contributed by atoms with Crippen molar-refractivity contribution in [1.82, 2.24) is 0 Å². The Bertz CT molecular complexity index is 186. The van der Waals surface area contributed by atoms with Crippen molar-refractivity contribution < 1.29 is 14.3 Å². The maximum atomic E-state index is 11.0. The molecule has 0 N–H and O–H groups in total. The minimum atomic E-state index is -0.260. The number of alkyl halides is 1. The Balaban J connectivity index is 3.01. The maximum absolute atomic E-state index is 11.0. The summed E-state index contributed by atoms with van der Waals surface area (Å²) in [5.41, 5.74) is 0. The molecule has 0 saturated carbocycles. The van der Waals surface area contributed by atoms with Crippen molar-refractivity contribution >= 4 is 21.9 Å². The van der Waals surface area contributed by atoms with E-state index in [9.17, 15) is 4.79 Å². The zero-order chi connectivity index (χ0) is 13.5. The van der Waals surface area contributed by atoms with E-state index in [-0.39, 0.29) is 12.6 Å². The molecule has 0 radical (unpaired) electrons. The van der Waals surface area contributed by atoms with E-state index in [0.29, 0.717) is 13.2 Å². The van der Waals surface area contributed by atoms with Gasteiger partial charge >= 0.3 is 5.97 Å². The predicted octanol–water partition coefficient (Wildman–Crippen LogP) is 4.08. The Labute approximate surface area is 120 Å². The summed E-state index contributed by atoms with van der Waals surface area (Å²) in [4.78, 5) is 11.0. The van der Waals surface area contributed by atoms with Gasteiger partial charge in [0, 0.05) is 11.9 Å². The molecule has 0 aliphatic rings. The average Bonchev–Trinajstić information content (AvgIpc) is 2.36. The van der Waals surface area contributed by atoms with Crippen LogP contribution in [0.2, 0.25) is 0 Å². The molecule has 0 saturated heterocycles. The first-order valence-corrected chi connectivity index (χ1v) is 8.22. The van der Waals surface area contributed by atoms with Crippen LogP contribution in [0.15, 0.2) is 0 Å². The minimum absolute atomic E-state index is 0.0976. The van der Waals surface area contributed by atoms with Gasteiger partial charge in [-0.05, 0) is 19.8 Å². The molecule has 0 unspecified atom stereocenters. The molecule has 0 rings (SSSR count). The lowest BCUT2D eigenvalue weighted by atomic mass is 10.1. The van der Waals surface area contributed by atoms with Gasteiger partial charge in [0.2, 0.25) is 0 Å². The van der Waals surface area contributed by atoms with Gasteiger partial charge in [0.1, 0.15) is 6.61 Å².